The Kier molecular flexibility index (Phi) is 4.52. The minimum atomic E-state index is -3.96. The van der Waals surface area contributed by atoms with Gasteiger partial charge in [0.1, 0.15) is 18.0 Å². The SMILES string of the molecule is OC(Cn1cnnn1)(c1ccc(F)cc1F)C(F)(F)c1ccc(Cl)s1. The zero-order valence-electron chi connectivity index (χ0n) is 12.2. The number of halogens is 5. The Morgan fingerprint density at radius 3 is 2.52 bits per heavy atom. The van der Waals surface area contributed by atoms with E-state index in [1.165, 1.54) is 6.07 Å². The topological polar surface area (TPSA) is 63.8 Å². The van der Waals surface area contributed by atoms with Gasteiger partial charge in [-0.3, -0.25) is 0 Å². The molecule has 0 fully saturated rings. The average molecular weight is 393 g/mol. The highest BCUT2D eigenvalue weighted by Crippen LogP contribution is 2.49. The van der Waals surface area contributed by atoms with Crippen molar-refractivity contribution in [2.24, 2.45) is 0 Å². The predicted octanol–water partition coefficient (Wildman–Crippen LogP) is 3.35. The number of rotatable bonds is 5. The Morgan fingerprint density at radius 1 is 1.20 bits per heavy atom. The Morgan fingerprint density at radius 2 is 1.96 bits per heavy atom. The number of nitrogens with zero attached hydrogens (tertiary/aromatic N) is 4. The van der Waals surface area contributed by atoms with Crippen LogP contribution >= 0.6 is 22.9 Å². The molecule has 0 bridgehead atoms. The molecule has 0 saturated heterocycles. The zero-order valence-corrected chi connectivity index (χ0v) is 13.8. The number of tetrazole rings is 1. The number of thiophene rings is 1. The molecule has 132 valence electrons. The van der Waals surface area contributed by atoms with Crippen LogP contribution in [0.4, 0.5) is 17.6 Å². The van der Waals surface area contributed by atoms with Gasteiger partial charge >= 0.3 is 5.92 Å². The summed E-state index contributed by atoms with van der Waals surface area (Å²) < 4.78 is 58.5. The third-order valence-electron chi connectivity index (χ3n) is 3.56. The summed E-state index contributed by atoms with van der Waals surface area (Å²) in [5.41, 5.74) is -3.88. The van der Waals surface area contributed by atoms with Crippen LogP contribution in [-0.4, -0.2) is 25.3 Å². The van der Waals surface area contributed by atoms with Crippen molar-refractivity contribution in [2.45, 2.75) is 18.1 Å². The fraction of sp³-hybridized carbons (Fsp3) is 0.214. The highest BCUT2D eigenvalue weighted by Gasteiger charge is 2.57. The lowest BCUT2D eigenvalue weighted by Gasteiger charge is -2.35. The minimum Gasteiger partial charge on any atom is -0.377 e. The molecule has 3 aromatic rings. The van der Waals surface area contributed by atoms with Crippen molar-refractivity contribution in [1.82, 2.24) is 20.2 Å². The van der Waals surface area contributed by atoms with Crippen molar-refractivity contribution in [1.29, 1.82) is 0 Å². The molecule has 2 heterocycles. The Bertz CT molecular complexity index is 889. The Hall–Kier alpha value is -2.04. The van der Waals surface area contributed by atoms with Gasteiger partial charge in [-0.15, -0.1) is 16.4 Å². The maximum Gasteiger partial charge on any atom is 0.316 e. The molecule has 1 unspecified atom stereocenters. The van der Waals surface area contributed by atoms with E-state index in [0.717, 1.165) is 29.2 Å². The molecule has 5 nitrogen and oxygen atoms in total. The second-order valence-corrected chi connectivity index (χ2v) is 6.89. The number of aromatic nitrogens is 4. The van der Waals surface area contributed by atoms with Crippen molar-refractivity contribution < 1.29 is 22.7 Å². The van der Waals surface area contributed by atoms with E-state index in [0.29, 0.717) is 17.4 Å². The fourth-order valence-corrected chi connectivity index (χ4v) is 3.44. The van der Waals surface area contributed by atoms with E-state index in [2.05, 4.69) is 15.5 Å². The third kappa shape index (κ3) is 3.12. The molecule has 2 aromatic heterocycles. The average Bonchev–Trinajstić information content (AvgIpc) is 3.18. The molecule has 0 aliphatic carbocycles. The van der Waals surface area contributed by atoms with Gasteiger partial charge in [-0.1, -0.05) is 11.6 Å². The van der Waals surface area contributed by atoms with Gasteiger partial charge in [-0.25, -0.2) is 13.5 Å². The molecule has 11 heteroatoms. The van der Waals surface area contributed by atoms with E-state index in [-0.39, 0.29) is 4.34 Å². The lowest BCUT2D eigenvalue weighted by molar-refractivity contribution is -0.203. The van der Waals surface area contributed by atoms with Gasteiger partial charge in [0.05, 0.1) is 15.8 Å². The van der Waals surface area contributed by atoms with E-state index >= 15 is 8.78 Å². The van der Waals surface area contributed by atoms with Crippen molar-refractivity contribution >= 4 is 22.9 Å². The van der Waals surface area contributed by atoms with Gasteiger partial charge in [0, 0.05) is 11.6 Å². The number of hydrogen-bond donors (Lipinski definition) is 1. The lowest BCUT2D eigenvalue weighted by Crippen LogP contribution is -2.47. The maximum atomic E-state index is 15.1. The molecule has 1 atom stereocenters. The summed E-state index contributed by atoms with van der Waals surface area (Å²) in [5.74, 6) is -6.25. The lowest BCUT2D eigenvalue weighted by atomic mass is 9.85. The molecular weight excluding hydrogens is 384 g/mol. The van der Waals surface area contributed by atoms with Crippen molar-refractivity contribution in [3.8, 4) is 0 Å². The van der Waals surface area contributed by atoms with Crippen LogP contribution in [0.3, 0.4) is 0 Å². The normalized spacial score (nSPS) is 14.5. The standard InChI is InChI=1S/C14H9ClF4N4OS/c15-12-4-3-11(25-12)14(18,19)13(24,6-23-7-20-21-22-23)9-2-1-8(16)5-10(9)17/h1-5,7,24H,6H2. The van der Waals surface area contributed by atoms with Crippen LogP contribution in [0.5, 0.6) is 0 Å². The highest BCUT2D eigenvalue weighted by molar-refractivity contribution is 7.16. The van der Waals surface area contributed by atoms with Gasteiger partial charge in [0.25, 0.3) is 0 Å². The van der Waals surface area contributed by atoms with Crippen LogP contribution < -0.4 is 0 Å². The first-order valence-corrected chi connectivity index (χ1v) is 7.96. The van der Waals surface area contributed by atoms with Gasteiger partial charge < -0.3 is 5.11 Å². The molecule has 0 spiro atoms. The van der Waals surface area contributed by atoms with Crippen LogP contribution in [0, 0.1) is 11.6 Å². The smallest absolute Gasteiger partial charge is 0.316 e. The van der Waals surface area contributed by atoms with E-state index in [4.69, 9.17) is 11.6 Å². The number of hydrogen-bond acceptors (Lipinski definition) is 5. The van der Waals surface area contributed by atoms with E-state index in [1.807, 2.05) is 0 Å². The summed E-state index contributed by atoms with van der Waals surface area (Å²) in [6, 6.07) is 4.21. The Labute approximate surface area is 147 Å². The van der Waals surface area contributed by atoms with Crippen molar-refractivity contribution in [3.05, 3.63) is 63.1 Å². The fourth-order valence-electron chi connectivity index (χ4n) is 2.35. The first kappa shape index (κ1) is 17.8. The molecule has 1 N–H and O–H groups in total. The molecule has 0 amide bonds. The summed E-state index contributed by atoms with van der Waals surface area (Å²) >= 11 is 6.24. The summed E-state index contributed by atoms with van der Waals surface area (Å²) in [5, 5.41) is 20.9. The molecule has 25 heavy (non-hydrogen) atoms. The summed E-state index contributed by atoms with van der Waals surface area (Å²) in [4.78, 5) is -0.586. The molecule has 0 radical (unpaired) electrons. The number of alkyl halides is 2. The van der Waals surface area contributed by atoms with Crippen molar-refractivity contribution in [3.63, 3.8) is 0 Å². The van der Waals surface area contributed by atoms with Crippen LogP contribution in [0.25, 0.3) is 0 Å². The van der Waals surface area contributed by atoms with Crippen LogP contribution in [0.15, 0.2) is 36.7 Å². The number of aliphatic hydroxyl groups is 1. The molecule has 0 aliphatic heterocycles. The molecule has 0 aliphatic rings. The quantitative estimate of drug-likeness (QED) is 0.676. The number of benzene rings is 1. The summed E-state index contributed by atoms with van der Waals surface area (Å²) in [6.07, 6.45) is 0.990. The highest BCUT2D eigenvalue weighted by atomic mass is 35.5. The second kappa shape index (κ2) is 6.36. The molecule has 3 rings (SSSR count). The van der Waals surface area contributed by atoms with E-state index < -0.39 is 40.1 Å². The van der Waals surface area contributed by atoms with Gasteiger partial charge in [-0.05, 0) is 34.7 Å². The van der Waals surface area contributed by atoms with Gasteiger partial charge in [0.15, 0.2) is 5.60 Å². The largest absolute Gasteiger partial charge is 0.377 e. The third-order valence-corrected chi connectivity index (χ3v) is 4.86. The minimum absolute atomic E-state index is 0.0685. The van der Waals surface area contributed by atoms with Crippen LogP contribution in [-0.2, 0) is 18.1 Å². The molecule has 1 aromatic carbocycles. The van der Waals surface area contributed by atoms with Gasteiger partial charge in [0.2, 0.25) is 0 Å². The van der Waals surface area contributed by atoms with E-state index in [9.17, 15) is 13.9 Å². The van der Waals surface area contributed by atoms with Crippen LogP contribution in [0.2, 0.25) is 4.34 Å². The van der Waals surface area contributed by atoms with Crippen LogP contribution in [0.1, 0.15) is 10.4 Å². The molecular formula is C14H9ClF4N4OS. The second-order valence-electron chi connectivity index (χ2n) is 5.17. The maximum absolute atomic E-state index is 15.1. The molecule has 0 saturated carbocycles. The van der Waals surface area contributed by atoms with Gasteiger partial charge in [-0.2, -0.15) is 8.78 Å². The first-order valence-electron chi connectivity index (χ1n) is 6.76. The zero-order chi connectivity index (χ0) is 18.2. The summed E-state index contributed by atoms with van der Waals surface area (Å²) in [7, 11) is 0. The first-order chi connectivity index (χ1) is 11.7. The van der Waals surface area contributed by atoms with E-state index in [1.54, 1.807) is 0 Å². The van der Waals surface area contributed by atoms with Crippen molar-refractivity contribution in [2.75, 3.05) is 0 Å². The summed E-state index contributed by atoms with van der Waals surface area (Å²) in [6.45, 7) is -0.870. The monoisotopic (exact) mass is 392 g/mol. The predicted molar refractivity (Wildman–Crippen MR) is 81.3 cm³/mol. The Balaban J connectivity index is 2.17.